The van der Waals surface area contributed by atoms with E-state index < -0.39 is 0 Å². The van der Waals surface area contributed by atoms with Crippen LogP contribution < -0.4 is 0 Å². The molecule has 6 aromatic heterocycles. The van der Waals surface area contributed by atoms with Crippen LogP contribution in [0.4, 0.5) is 0 Å². The third kappa shape index (κ3) is 6.80. The molecule has 0 bridgehead atoms. The molecule has 6 heterocycles. The summed E-state index contributed by atoms with van der Waals surface area (Å²) in [7, 11) is 0. The fourth-order valence-corrected chi connectivity index (χ4v) is 9.61. The molecule has 13 aromatic rings. The maximum atomic E-state index is 5.40. The van der Waals surface area contributed by atoms with E-state index in [0.717, 1.165) is 72.9 Å². The number of rotatable bonds is 8. The quantitative estimate of drug-likeness (QED) is 0.152. The van der Waals surface area contributed by atoms with Crippen molar-refractivity contribution >= 4 is 43.6 Å². The van der Waals surface area contributed by atoms with E-state index in [1.807, 2.05) is 36.4 Å². The number of benzene rings is 7. The highest BCUT2D eigenvalue weighted by atomic mass is 15.1. The number of nitrogens with zero attached hydrogens (tertiary/aromatic N) is 7. The Kier molecular flexibility index (Phi) is 9.35. The summed E-state index contributed by atoms with van der Waals surface area (Å²) in [5.74, 6) is 2.15. The number of pyridine rings is 3. The first-order valence-electron chi connectivity index (χ1n) is 22.7. The predicted octanol–water partition coefficient (Wildman–Crippen LogP) is 14.9. The minimum Gasteiger partial charge on any atom is -0.294 e. The van der Waals surface area contributed by atoms with Crippen molar-refractivity contribution in [2.75, 3.05) is 0 Å². The van der Waals surface area contributed by atoms with Crippen LogP contribution in [0.2, 0.25) is 0 Å². The van der Waals surface area contributed by atoms with Crippen LogP contribution in [0.3, 0.4) is 0 Å². The average Bonchev–Trinajstić information content (AvgIpc) is 3.94. The first-order valence-corrected chi connectivity index (χ1v) is 22.7. The van der Waals surface area contributed by atoms with Crippen molar-refractivity contribution < 1.29 is 0 Å². The van der Waals surface area contributed by atoms with Gasteiger partial charge in [-0.1, -0.05) is 164 Å². The van der Waals surface area contributed by atoms with E-state index in [0.29, 0.717) is 28.6 Å². The van der Waals surface area contributed by atoms with Gasteiger partial charge in [0.15, 0.2) is 5.82 Å². The van der Waals surface area contributed by atoms with Gasteiger partial charge in [-0.15, -0.1) is 0 Å². The van der Waals surface area contributed by atoms with Crippen LogP contribution in [0.25, 0.3) is 123 Å². The van der Waals surface area contributed by atoms with Crippen molar-refractivity contribution in [1.29, 1.82) is 0 Å². The maximum absolute atomic E-state index is 5.40. The summed E-state index contributed by atoms with van der Waals surface area (Å²) >= 11 is 0. The Morgan fingerprint density at radius 3 is 1.12 bits per heavy atom. The van der Waals surface area contributed by atoms with Gasteiger partial charge in [-0.2, -0.15) is 0 Å². The van der Waals surface area contributed by atoms with E-state index >= 15 is 0 Å². The Balaban J connectivity index is 1.02. The van der Waals surface area contributed by atoms with Crippen LogP contribution >= 0.6 is 0 Å². The fraction of sp³-hybridized carbons (Fsp3) is 0. The van der Waals surface area contributed by atoms with E-state index in [1.165, 1.54) is 21.5 Å². The van der Waals surface area contributed by atoms with Gasteiger partial charge in [-0.3, -0.25) is 9.13 Å². The Hall–Kier alpha value is -9.33. The molecule has 68 heavy (non-hydrogen) atoms. The third-order valence-electron chi connectivity index (χ3n) is 12.8. The van der Waals surface area contributed by atoms with Gasteiger partial charge in [0.25, 0.3) is 0 Å². The van der Waals surface area contributed by atoms with Gasteiger partial charge in [-0.25, -0.2) is 24.9 Å². The lowest BCUT2D eigenvalue weighted by molar-refractivity contribution is 1.07. The highest BCUT2D eigenvalue weighted by Crippen LogP contribution is 2.37. The number of hydrogen-bond donors (Lipinski definition) is 0. The fourth-order valence-electron chi connectivity index (χ4n) is 9.61. The molecule has 13 rings (SSSR count). The van der Waals surface area contributed by atoms with Crippen molar-refractivity contribution in [1.82, 2.24) is 34.1 Å². The van der Waals surface area contributed by atoms with Gasteiger partial charge in [-0.05, 0) is 83.9 Å². The molecular weight excluding hydrogens is 831 g/mol. The van der Waals surface area contributed by atoms with E-state index in [4.69, 9.17) is 24.9 Å². The lowest BCUT2D eigenvalue weighted by atomic mass is 10.0. The van der Waals surface area contributed by atoms with Crippen LogP contribution in [0, 0.1) is 0 Å². The normalized spacial score (nSPS) is 11.5. The molecule has 7 nitrogen and oxygen atoms in total. The molecule has 0 fully saturated rings. The molecular formula is C61H39N7. The number of para-hydroxylation sites is 4. The maximum Gasteiger partial charge on any atom is 0.160 e. The van der Waals surface area contributed by atoms with Gasteiger partial charge >= 0.3 is 0 Å². The molecule has 0 saturated carbocycles. The molecule has 0 amide bonds. The van der Waals surface area contributed by atoms with E-state index in [2.05, 4.69) is 209 Å². The van der Waals surface area contributed by atoms with Gasteiger partial charge < -0.3 is 0 Å². The molecule has 0 unspecified atom stereocenters. The Labute approximate surface area is 392 Å². The highest BCUT2D eigenvalue weighted by Gasteiger charge is 2.19. The Bertz CT molecular complexity index is 3760. The Morgan fingerprint density at radius 2 is 0.618 bits per heavy atom. The molecule has 7 aromatic carbocycles. The van der Waals surface area contributed by atoms with Gasteiger partial charge in [0, 0.05) is 38.2 Å². The number of aromatic nitrogens is 7. The zero-order valence-electron chi connectivity index (χ0n) is 36.6. The topological polar surface area (TPSA) is 74.3 Å². The average molecular weight is 870 g/mol. The van der Waals surface area contributed by atoms with Crippen LogP contribution in [-0.2, 0) is 0 Å². The van der Waals surface area contributed by atoms with E-state index in [9.17, 15) is 0 Å². The molecule has 0 aliphatic heterocycles. The summed E-state index contributed by atoms with van der Waals surface area (Å²) in [5, 5.41) is 4.69. The molecule has 0 atom stereocenters. The lowest BCUT2D eigenvalue weighted by Crippen LogP contribution is -2.02. The molecule has 0 radical (unpaired) electrons. The summed E-state index contributed by atoms with van der Waals surface area (Å²) < 4.78 is 4.47. The second-order valence-electron chi connectivity index (χ2n) is 16.9. The number of fused-ring (bicyclic) bond motifs is 6. The first-order chi connectivity index (χ1) is 33.7. The summed E-state index contributed by atoms with van der Waals surface area (Å²) in [6.45, 7) is 0. The van der Waals surface area contributed by atoms with Crippen LogP contribution in [-0.4, -0.2) is 34.1 Å². The van der Waals surface area contributed by atoms with Crippen molar-refractivity contribution in [3.8, 4) is 79.4 Å². The summed E-state index contributed by atoms with van der Waals surface area (Å²) in [6.07, 6.45) is 0. The van der Waals surface area contributed by atoms with Crippen LogP contribution in [0.1, 0.15) is 0 Å². The summed E-state index contributed by atoms with van der Waals surface area (Å²) in [6, 6.07) is 81.7. The third-order valence-corrected chi connectivity index (χ3v) is 12.8. The molecule has 0 N–H and O–H groups in total. The van der Waals surface area contributed by atoms with Crippen LogP contribution in [0.5, 0.6) is 0 Å². The van der Waals surface area contributed by atoms with Crippen LogP contribution in [0.15, 0.2) is 237 Å². The molecule has 7 heteroatoms. The minimum absolute atomic E-state index is 0.563. The molecule has 0 aliphatic carbocycles. The minimum atomic E-state index is 0.563. The molecule has 0 saturated heterocycles. The van der Waals surface area contributed by atoms with E-state index in [1.54, 1.807) is 0 Å². The second-order valence-corrected chi connectivity index (χ2v) is 16.9. The van der Waals surface area contributed by atoms with Gasteiger partial charge in [0.1, 0.15) is 11.6 Å². The SMILES string of the molecule is c1ccc(-c2cccc(-c3cc(-c4ccccc4)nc(-c4cc(-c5cccc(-n6c7ccccc7c7ccccc76)n5)nc(-c5cccc(-n6c7ccccc7c7ccccc76)n5)c4)n3)c2)cc1. The lowest BCUT2D eigenvalue weighted by Gasteiger charge is -2.14. The van der Waals surface area contributed by atoms with Gasteiger partial charge in [0.2, 0.25) is 0 Å². The first kappa shape index (κ1) is 39.1. The molecule has 0 aliphatic rings. The Morgan fingerprint density at radius 1 is 0.221 bits per heavy atom. The predicted molar refractivity (Wildman–Crippen MR) is 277 cm³/mol. The van der Waals surface area contributed by atoms with E-state index in [-0.39, 0.29) is 0 Å². The largest absolute Gasteiger partial charge is 0.294 e. The second kappa shape index (κ2) is 16.3. The smallest absolute Gasteiger partial charge is 0.160 e. The molecule has 0 spiro atoms. The zero-order valence-corrected chi connectivity index (χ0v) is 36.6. The highest BCUT2D eigenvalue weighted by molar-refractivity contribution is 6.10. The molecule has 318 valence electrons. The number of hydrogen-bond acceptors (Lipinski definition) is 5. The van der Waals surface area contributed by atoms with Gasteiger partial charge in [0.05, 0.1) is 56.2 Å². The zero-order chi connectivity index (χ0) is 45.0. The van der Waals surface area contributed by atoms with Crippen molar-refractivity contribution in [3.63, 3.8) is 0 Å². The van der Waals surface area contributed by atoms with Crippen molar-refractivity contribution in [2.24, 2.45) is 0 Å². The van der Waals surface area contributed by atoms with Crippen molar-refractivity contribution in [2.45, 2.75) is 0 Å². The standard InChI is InChI=1S/C61H39N7/c1-3-18-40(19-4-1)42-22-15-23-43(36-42)52-39-51(41-20-5-2-6-21-41)65-61(66-52)44-37-53(49-28-16-34-59(63-49)67-55-30-11-7-24-45(55)46-25-8-12-31-56(46)67)62-54(38-44)50-29-17-35-60(64-50)68-57-32-13-9-26-47(57)48-27-10-14-33-58(48)68/h1-39H. The summed E-state index contributed by atoms with van der Waals surface area (Å²) in [4.78, 5) is 26.9. The van der Waals surface area contributed by atoms with Crippen molar-refractivity contribution in [3.05, 3.63) is 237 Å². The summed E-state index contributed by atoms with van der Waals surface area (Å²) in [5.41, 5.74) is 13.7. The monoisotopic (exact) mass is 869 g/mol.